The SMILES string of the molecule is COC(=O)C[C@H](NC(=O)C1CCCNC1)c1cccnc1. The molecule has 1 unspecified atom stereocenters. The lowest BCUT2D eigenvalue weighted by atomic mass is 9.97. The highest BCUT2D eigenvalue weighted by Crippen LogP contribution is 2.18. The quantitative estimate of drug-likeness (QED) is 0.784. The van der Waals surface area contributed by atoms with Crippen LogP contribution in [-0.2, 0) is 14.3 Å². The van der Waals surface area contributed by atoms with Gasteiger partial charge in [0.2, 0.25) is 5.91 Å². The van der Waals surface area contributed by atoms with Gasteiger partial charge in [0.25, 0.3) is 0 Å². The van der Waals surface area contributed by atoms with E-state index in [2.05, 4.69) is 15.6 Å². The number of nitrogens with one attached hydrogen (secondary N) is 2. The molecule has 2 heterocycles. The Morgan fingerprint density at radius 2 is 2.43 bits per heavy atom. The summed E-state index contributed by atoms with van der Waals surface area (Å²) in [5.41, 5.74) is 0.806. The van der Waals surface area contributed by atoms with Crippen molar-refractivity contribution in [3.8, 4) is 0 Å². The van der Waals surface area contributed by atoms with Crippen LogP contribution in [0.2, 0.25) is 0 Å². The van der Waals surface area contributed by atoms with Gasteiger partial charge >= 0.3 is 5.97 Å². The van der Waals surface area contributed by atoms with E-state index in [1.807, 2.05) is 6.07 Å². The number of methoxy groups -OCH3 is 1. The first kappa shape index (κ1) is 15.4. The summed E-state index contributed by atoms with van der Waals surface area (Å²) in [5, 5.41) is 6.16. The number of hydrogen-bond acceptors (Lipinski definition) is 5. The number of carbonyl (C=O) groups is 2. The molecule has 1 fully saturated rings. The lowest BCUT2D eigenvalue weighted by Crippen LogP contribution is -2.42. The Labute approximate surface area is 124 Å². The molecule has 2 N–H and O–H groups in total. The van der Waals surface area contributed by atoms with Gasteiger partial charge in [-0.15, -0.1) is 0 Å². The predicted octanol–water partition coefficient (Wildman–Crippen LogP) is 0.802. The van der Waals surface area contributed by atoms with Crippen molar-refractivity contribution in [3.63, 3.8) is 0 Å². The van der Waals surface area contributed by atoms with E-state index in [0.717, 1.165) is 24.9 Å². The molecule has 0 aromatic carbocycles. The number of piperidine rings is 1. The molecule has 2 rings (SSSR count). The molecule has 1 aliphatic heterocycles. The van der Waals surface area contributed by atoms with Gasteiger partial charge in [-0.25, -0.2) is 0 Å². The molecule has 0 spiro atoms. The Kier molecular flexibility index (Phi) is 5.68. The number of carbonyl (C=O) groups excluding carboxylic acids is 2. The molecule has 1 aliphatic rings. The van der Waals surface area contributed by atoms with Crippen LogP contribution < -0.4 is 10.6 Å². The van der Waals surface area contributed by atoms with Gasteiger partial charge in [0.15, 0.2) is 0 Å². The second-order valence-corrected chi connectivity index (χ2v) is 5.17. The van der Waals surface area contributed by atoms with Gasteiger partial charge in [0, 0.05) is 18.9 Å². The molecule has 6 nitrogen and oxygen atoms in total. The van der Waals surface area contributed by atoms with Gasteiger partial charge < -0.3 is 15.4 Å². The Hall–Kier alpha value is -1.95. The van der Waals surface area contributed by atoms with Gasteiger partial charge in [-0.2, -0.15) is 0 Å². The topological polar surface area (TPSA) is 80.3 Å². The number of amides is 1. The van der Waals surface area contributed by atoms with E-state index in [1.165, 1.54) is 7.11 Å². The van der Waals surface area contributed by atoms with E-state index in [0.29, 0.717) is 6.54 Å². The van der Waals surface area contributed by atoms with Crippen LogP contribution in [0, 0.1) is 5.92 Å². The van der Waals surface area contributed by atoms with Crippen molar-refractivity contribution in [1.82, 2.24) is 15.6 Å². The monoisotopic (exact) mass is 291 g/mol. The highest BCUT2D eigenvalue weighted by Gasteiger charge is 2.25. The molecular formula is C15H21N3O3. The molecule has 1 aromatic rings. The van der Waals surface area contributed by atoms with Crippen molar-refractivity contribution < 1.29 is 14.3 Å². The number of nitrogens with zero attached hydrogens (tertiary/aromatic N) is 1. The average molecular weight is 291 g/mol. The van der Waals surface area contributed by atoms with Crippen molar-refractivity contribution in [2.24, 2.45) is 5.92 Å². The summed E-state index contributed by atoms with van der Waals surface area (Å²) in [6.45, 7) is 1.64. The summed E-state index contributed by atoms with van der Waals surface area (Å²) < 4.78 is 4.71. The maximum atomic E-state index is 12.3. The fourth-order valence-electron chi connectivity index (χ4n) is 2.45. The Morgan fingerprint density at radius 3 is 3.05 bits per heavy atom. The van der Waals surface area contributed by atoms with Gasteiger partial charge in [-0.1, -0.05) is 6.07 Å². The van der Waals surface area contributed by atoms with E-state index < -0.39 is 6.04 Å². The second-order valence-electron chi connectivity index (χ2n) is 5.17. The van der Waals surface area contributed by atoms with Crippen LogP contribution in [-0.4, -0.2) is 37.1 Å². The third-order valence-electron chi connectivity index (χ3n) is 3.67. The number of ether oxygens (including phenoxy) is 1. The van der Waals surface area contributed by atoms with E-state index in [4.69, 9.17) is 4.74 Å². The summed E-state index contributed by atoms with van der Waals surface area (Å²) in [7, 11) is 1.34. The molecule has 21 heavy (non-hydrogen) atoms. The van der Waals surface area contributed by atoms with Crippen LogP contribution in [0.1, 0.15) is 30.9 Å². The first-order valence-electron chi connectivity index (χ1n) is 7.18. The normalized spacial score (nSPS) is 19.6. The fourth-order valence-corrected chi connectivity index (χ4v) is 2.45. The lowest BCUT2D eigenvalue weighted by Gasteiger charge is -2.25. The largest absolute Gasteiger partial charge is 0.469 e. The summed E-state index contributed by atoms with van der Waals surface area (Å²) in [4.78, 5) is 27.9. The standard InChI is InChI=1S/C15H21N3O3/c1-21-14(19)8-13(11-4-2-6-16-9-11)18-15(20)12-5-3-7-17-10-12/h2,4,6,9,12-13,17H,3,5,7-8,10H2,1H3,(H,18,20)/t12?,13-/m0/s1. The lowest BCUT2D eigenvalue weighted by molar-refractivity contribution is -0.141. The summed E-state index contributed by atoms with van der Waals surface area (Å²) in [6, 6.07) is 3.23. The molecule has 0 saturated carbocycles. The minimum atomic E-state index is -0.402. The van der Waals surface area contributed by atoms with Gasteiger partial charge in [-0.05, 0) is 31.0 Å². The second kappa shape index (κ2) is 7.73. The Balaban J connectivity index is 2.04. The van der Waals surface area contributed by atoms with Crippen molar-refractivity contribution in [1.29, 1.82) is 0 Å². The molecule has 6 heteroatoms. The summed E-state index contributed by atoms with van der Waals surface area (Å²) >= 11 is 0. The molecule has 0 bridgehead atoms. The van der Waals surface area contributed by atoms with Crippen molar-refractivity contribution in [3.05, 3.63) is 30.1 Å². The van der Waals surface area contributed by atoms with E-state index in [9.17, 15) is 9.59 Å². The molecular weight excluding hydrogens is 270 g/mol. The first-order chi connectivity index (χ1) is 10.2. The minimum absolute atomic E-state index is 0.0278. The molecule has 1 aromatic heterocycles. The molecule has 0 radical (unpaired) electrons. The molecule has 114 valence electrons. The third-order valence-corrected chi connectivity index (χ3v) is 3.67. The first-order valence-corrected chi connectivity index (χ1v) is 7.18. The van der Waals surface area contributed by atoms with Crippen LogP contribution in [0.3, 0.4) is 0 Å². The van der Waals surface area contributed by atoms with Crippen LogP contribution in [0.5, 0.6) is 0 Å². The number of rotatable bonds is 5. The van der Waals surface area contributed by atoms with Crippen molar-refractivity contribution in [2.75, 3.05) is 20.2 Å². The van der Waals surface area contributed by atoms with Crippen LogP contribution >= 0.6 is 0 Å². The molecule has 2 atom stereocenters. The van der Waals surface area contributed by atoms with Crippen molar-refractivity contribution >= 4 is 11.9 Å². The zero-order valence-corrected chi connectivity index (χ0v) is 12.2. The Morgan fingerprint density at radius 1 is 1.57 bits per heavy atom. The third kappa shape index (κ3) is 4.53. The summed E-state index contributed by atoms with van der Waals surface area (Å²) in [6.07, 6.45) is 5.29. The molecule has 0 aliphatic carbocycles. The smallest absolute Gasteiger partial charge is 0.307 e. The maximum Gasteiger partial charge on any atom is 0.307 e. The van der Waals surface area contributed by atoms with Gasteiger partial charge in [-0.3, -0.25) is 14.6 Å². The van der Waals surface area contributed by atoms with Crippen LogP contribution in [0.25, 0.3) is 0 Å². The zero-order valence-electron chi connectivity index (χ0n) is 12.2. The number of hydrogen-bond donors (Lipinski definition) is 2. The fraction of sp³-hybridized carbons (Fsp3) is 0.533. The number of pyridine rings is 1. The predicted molar refractivity (Wildman–Crippen MR) is 77.3 cm³/mol. The zero-order chi connectivity index (χ0) is 15.1. The number of esters is 1. The maximum absolute atomic E-state index is 12.3. The molecule has 1 amide bonds. The average Bonchev–Trinajstić information content (AvgIpc) is 2.55. The van der Waals surface area contributed by atoms with Gasteiger partial charge in [0.05, 0.1) is 25.5 Å². The number of aromatic nitrogens is 1. The highest BCUT2D eigenvalue weighted by molar-refractivity contribution is 5.80. The molecule has 1 saturated heterocycles. The van der Waals surface area contributed by atoms with E-state index in [-0.39, 0.29) is 24.2 Å². The Bertz CT molecular complexity index is 472. The van der Waals surface area contributed by atoms with Crippen LogP contribution in [0.15, 0.2) is 24.5 Å². The van der Waals surface area contributed by atoms with E-state index in [1.54, 1.807) is 18.5 Å². The highest BCUT2D eigenvalue weighted by atomic mass is 16.5. The van der Waals surface area contributed by atoms with Crippen LogP contribution in [0.4, 0.5) is 0 Å². The van der Waals surface area contributed by atoms with Gasteiger partial charge in [0.1, 0.15) is 0 Å². The van der Waals surface area contributed by atoms with Crippen molar-refractivity contribution in [2.45, 2.75) is 25.3 Å². The minimum Gasteiger partial charge on any atom is -0.469 e. The van der Waals surface area contributed by atoms with E-state index >= 15 is 0 Å². The summed E-state index contributed by atoms with van der Waals surface area (Å²) in [5.74, 6) is -0.429.